The molecular weight excluding hydrogens is 1020 g/mol. The number of carbonyl (C=O) groups excluding carboxylic acids is 2. The van der Waals surface area contributed by atoms with Crippen LogP contribution in [0.4, 0.5) is 0 Å². The van der Waals surface area contributed by atoms with E-state index in [1.54, 1.807) is 0 Å². The molecule has 0 aliphatic heterocycles. The van der Waals surface area contributed by atoms with Gasteiger partial charge < -0.3 is 28.5 Å². The first-order chi connectivity index (χ1) is 39.4. The normalized spacial score (nSPS) is 14.0. The van der Waals surface area contributed by atoms with Crippen molar-refractivity contribution in [2.45, 2.75) is 328 Å². The molecule has 0 fully saturated rings. The molecule has 0 heterocycles. The number of esters is 1. The second-order valence-corrected chi connectivity index (χ2v) is 25.7. The number of rotatable bonds is 62. The second kappa shape index (κ2) is 60.6. The first-order valence-electron chi connectivity index (χ1n) is 34.2. The van der Waals surface area contributed by atoms with Gasteiger partial charge in [-0.2, -0.15) is 0 Å². The number of quaternary nitrogens is 1. The Kier molecular flexibility index (Phi) is 58.7. The van der Waals surface area contributed by atoms with E-state index in [2.05, 4.69) is 86.8 Å². The van der Waals surface area contributed by atoms with Crippen LogP contribution in [0.25, 0.3) is 0 Å². The van der Waals surface area contributed by atoms with Crippen LogP contribution in [0.3, 0.4) is 0 Å². The summed E-state index contributed by atoms with van der Waals surface area (Å²) in [5, 5.41) is 3.02. The van der Waals surface area contributed by atoms with Gasteiger partial charge in [-0.3, -0.25) is 14.2 Å². The highest BCUT2D eigenvalue weighted by Gasteiger charge is 2.27. The Hall–Kier alpha value is -2.55. The van der Waals surface area contributed by atoms with Crippen molar-refractivity contribution in [3.63, 3.8) is 0 Å². The van der Waals surface area contributed by atoms with Gasteiger partial charge in [0, 0.05) is 12.8 Å². The molecule has 0 radical (unpaired) electrons. The molecule has 0 aliphatic rings. The summed E-state index contributed by atoms with van der Waals surface area (Å²) in [6.07, 6.45) is 78.8. The van der Waals surface area contributed by atoms with E-state index in [0.717, 1.165) is 89.9 Å². The molecule has 9 nitrogen and oxygen atoms in total. The smallest absolute Gasteiger partial charge is 0.306 e. The molecule has 1 amide bonds. The number of allylic oxidation sites excluding steroid dienone is 11. The maximum absolute atomic E-state index is 13.6. The molecule has 0 rings (SSSR count). The van der Waals surface area contributed by atoms with Gasteiger partial charge >= 0.3 is 5.97 Å². The molecule has 0 saturated carbocycles. The van der Waals surface area contributed by atoms with Gasteiger partial charge in [0.2, 0.25) is 5.91 Å². The van der Waals surface area contributed by atoms with Gasteiger partial charge in [0.25, 0.3) is 7.82 Å². The highest BCUT2D eigenvalue weighted by atomic mass is 31.2. The number of nitrogens with zero attached hydrogens (tertiary/aromatic N) is 1. The monoisotopic (exact) mass is 1150 g/mol. The van der Waals surface area contributed by atoms with E-state index in [-0.39, 0.29) is 31.3 Å². The maximum atomic E-state index is 13.6. The Labute approximate surface area is 502 Å². The van der Waals surface area contributed by atoms with E-state index >= 15 is 0 Å². The van der Waals surface area contributed by atoms with Crippen LogP contribution in [0.15, 0.2) is 72.9 Å². The van der Waals surface area contributed by atoms with Crippen molar-refractivity contribution in [1.29, 1.82) is 0 Å². The fraction of sp³-hybridized carbons (Fsp3) is 0.803. The third-order valence-corrected chi connectivity index (χ3v) is 16.1. The molecule has 0 aliphatic carbocycles. The molecule has 0 aromatic carbocycles. The summed E-state index contributed by atoms with van der Waals surface area (Å²) < 4.78 is 30.4. The summed E-state index contributed by atoms with van der Waals surface area (Å²) in [4.78, 5) is 40.1. The Morgan fingerprint density at radius 3 is 1.20 bits per heavy atom. The zero-order valence-electron chi connectivity index (χ0n) is 54.0. The van der Waals surface area contributed by atoms with Gasteiger partial charge in [0.05, 0.1) is 33.8 Å². The number of phosphoric acid groups is 1. The molecule has 0 bridgehead atoms. The van der Waals surface area contributed by atoms with Crippen molar-refractivity contribution in [3.05, 3.63) is 72.9 Å². The van der Waals surface area contributed by atoms with Gasteiger partial charge in [-0.1, -0.05) is 299 Å². The van der Waals surface area contributed by atoms with Crippen molar-refractivity contribution >= 4 is 19.7 Å². The van der Waals surface area contributed by atoms with Crippen molar-refractivity contribution in [2.24, 2.45) is 0 Å². The minimum atomic E-state index is -4.71. The van der Waals surface area contributed by atoms with Crippen molar-refractivity contribution in [3.8, 4) is 0 Å². The standard InChI is InChI=1S/C71H131N2O7P/c1-7-10-13-16-19-22-25-28-30-32-34-35-36-37-39-41-43-46-49-52-55-58-61-64-71(75)80-69(62-59-56-53-50-47-44-27-24-21-18-15-12-9-3)68(67-79-81(76,77)78-66-65-73(4,5)6)72-70(74)63-60-57-54-51-48-45-42-40-38-33-31-29-26-23-20-17-14-11-8-2/h11,14,20,23,29,31,38,40,45,48,59,62,68-69H,7-10,12-13,15-19,21-22,24-28,30,32-37,39,41-44,46-47,49-58,60-61,63-67H2,1-6H3,(H-,72,74,76,77)/b14-11-,23-20-,31-29-,40-38-,48-45-,62-59+. The predicted octanol–water partition coefficient (Wildman–Crippen LogP) is 20.9. The number of nitrogens with one attached hydrogen (secondary N) is 1. The molecule has 81 heavy (non-hydrogen) atoms. The Bertz CT molecular complexity index is 1620. The van der Waals surface area contributed by atoms with Crippen LogP contribution in [0.2, 0.25) is 0 Å². The number of likely N-dealkylation sites (N-methyl/N-ethyl adjacent to an activating group) is 1. The van der Waals surface area contributed by atoms with E-state index in [9.17, 15) is 19.0 Å². The lowest BCUT2D eigenvalue weighted by atomic mass is 10.0. The van der Waals surface area contributed by atoms with Gasteiger partial charge in [0.15, 0.2) is 0 Å². The summed E-state index contributed by atoms with van der Waals surface area (Å²) in [5.74, 6) is -0.568. The highest BCUT2D eigenvalue weighted by Crippen LogP contribution is 2.38. The number of carbonyl (C=O) groups is 2. The van der Waals surface area contributed by atoms with E-state index in [1.807, 2.05) is 33.3 Å². The first-order valence-corrected chi connectivity index (χ1v) is 35.7. The van der Waals surface area contributed by atoms with Gasteiger partial charge in [-0.15, -0.1) is 0 Å². The van der Waals surface area contributed by atoms with Crippen LogP contribution in [-0.2, 0) is 27.9 Å². The van der Waals surface area contributed by atoms with Crippen molar-refractivity contribution in [2.75, 3.05) is 40.9 Å². The number of hydrogen-bond donors (Lipinski definition) is 1. The molecule has 472 valence electrons. The fourth-order valence-corrected chi connectivity index (χ4v) is 10.6. The minimum absolute atomic E-state index is 0.0300. The second-order valence-electron chi connectivity index (χ2n) is 24.3. The summed E-state index contributed by atoms with van der Waals surface area (Å²) in [7, 11) is 1.17. The molecule has 0 aromatic heterocycles. The Morgan fingerprint density at radius 1 is 0.444 bits per heavy atom. The molecule has 0 saturated heterocycles. The number of unbranched alkanes of at least 4 members (excludes halogenated alkanes) is 36. The van der Waals surface area contributed by atoms with E-state index in [4.69, 9.17) is 13.8 Å². The largest absolute Gasteiger partial charge is 0.756 e. The lowest BCUT2D eigenvalue weighted by Crippen LogP contribution is -2.47. The topological polar surface area (TPSA) is 114 Å². The zero-order chi connectivity index (χ0) is 59.3. The lowest BCUT2D eigenvalue weighted by molar-refractivity contribution is -0.870. The highest BCUT2D eigenvalue weighted by molar-refractivity contribution is 7.45. The third-order valence-electron chi connectivity index (χ3n) is 15.2. The number of ether oxygens (including phenoxy) is 1. The number of hydrogen-bond acceptors (Lipinski definition) is 7. The Balaban J connectivity index is 5.19. The third kappa shape index (κ3) is 61.8. The van der Waals surface area contributed by atoms with Gasteiger partial charge in [-0.05, 0) is 76.7 Å². The molecule has 3 atom stereocenters. The summed E-state index contributed by atoms with van der Waals surface area (Å²) in [5.41, 5.74) is 0. The van der Waals surface area contributed by atoms with Gasteiger partial charge in [0.1, 0.15) is 19.3 Å². The Morgan fingerprint density at radius 2 is 0.790 bits per heavy atom. The van der Waals surface area contributed by atoms with Gasteiger partial charge in [-0.25, -0.2) is 0 Å². The van der Waals surface area contributed by atoms with E-state index in [1.165, 1.54) is 186 Å². The average Bonchev–Trinajstić information content (AvgIpc) is 3.44. The molecule has 0 aromatic rings. The lowest BCUT2D eigenvalue weighted by Gasteiger charge is -2.30. The fourth-order valence-electron chi connectivity index (χ4n) is 9.90. The predicted molar refractivity (Wildman–Crippen MR) is 348 cm³/mol. The van der Waals surface area contributed by atoms with Crippen LogP contribution >= 0.6 is 7.82 Å². The summed E-state index contributed by atoms with van der Waals surface area (Å²) in [6, 6.07) is -0.907. The molecule has 10 heteroatoms. The molecule has 3 unspecified atom stereocenters. The van der Waals surface area contributed by atoms with Crippen LogP contribution in [0.5, 0.6) is 0 Å². The SMILES string of the molecule is CC/C=C\C/C=C\C/C=C\C/C=C\C/C=C\CCCCCC(=O)NC(COP(=O)([O-])OCC[N+](C)(C)C)C(/C=C/CCCCCCCCCCCCC)OC(=O)CCCCCCCCCCCCCCCCCCCCCCCCC. The molecule has 0 spiro atoms. The molecule has 1 N–H and O–H groups in total. The van der Waals surface area contributed by atoms with Crippen LogP contribution in [-0.4, -0.2) is 69.4 Å². The van der Waals surface area contributed by atoms with E-state index in [0.29, 0.717) is 17.4 Å². The first kappa shape index (κ1) is 78.5. The average molecular weight is 1160 g/mol. The van der Waals surface area contributed by atoms with Crippen LogP contribution in [0, 0.1) is 0 Å². The van der Waals surface area contributed by atoms with Crippen molar-refractivity contribution in [1.82, 2.24) is 5.32 Å². The summed E-state index contributed by atoms with van der Waals surface area (Å²) >= 11 is 0. The maximum Gasteiger partial charge on any atom is 0.306 e. The van der Waals surface area contributed by atoms with Crippen molar-refractivity contribution < 1.29 is 37.3 Å². The molecular formula is C71H131N2O7P. The minimum Gasteiger partial charge on any atom is -0.756 e. The number of phosphoric ester groups is 1. The number of amides is 1. The zero-order valence-corrected chi connectivity index (χ0v) is 54.9. The van der Waals surface area contributed by atoms with Crippen LogP contribution < -0.4 is 10.2 Å². The van der Waals surface area contributed by atoms with E-state index < -0.39 is 26.6 Å². The van der Waals surface area contributed by atoms with Crippen LogP contribution in [0.1, 0.15) is 316 Å². The quantitative estimate of drug-likeness (QED) is 0.0212. The summed E-state index contributed by atoms with van der Waals surface area (Å²) in [6.45, 7) is 6.74.